The van der Waals surface area contributed by atoms with Gasteiger partial charge in [0, 0.05) is 18.4 Å². The van der Waals surface area contributed by atoms with Gasteiger partial charge in [0.1, 0.15) is 11.6 Å². The van der Waals surface area contributed by atoms with Crippen molar-refractivity contribution in [1.82, 2.24) is 10.1 Å². The zero-order chi connectivity index (χ0) is 21.6. The molecule has 0 fully saturated rings. The Morgan fingerprint density at radius 3 is 2.65 bits per heavy atom. The van der Waals surface area contributed by atoms with Crippen molar-refractivity contribution in [2.75, 3.05) is 5.32 Å². The molecular weight excluding hydrogens is 397 g/mol. The van der Waals surface area contributed by atoms with Crippen LogP contribution in [0.4, 0.5) is 10.1 Å². The molecule has 4 rings (SSSR count). The number of nitrogens with one attached hydrogen (secondary N) is 1. The van der Waals surface area contributed by atoms with Crippen LogP contribution in [0, 0.1) is 12.7 Å². The van der Waals surface area contributed by atoms with Crippen molar-refractivity contribution in [3.05, 3.63) is 90.1 Å². The fourth-order valence-electron chi connectivity index (χ4n) is 2.91. The van der Waals surface area contributed by atoms with E-state index in [0.717, 1.165) is 0 Å². The van der Waals surface area contributed by atoms with Gasteiger partial charge in [-0.3, -0.25) is 4.79 Å². The molecule has 31 heavy (non-hydrogen) atoms. The van der Waals surface area contributed by atoms with E-state index in [-0.39, 0.29) is 30.4 Å². The molecule has 156 valence electrons. The average Bonchev–Trinajstić information content (AvgIpc) is 3.25. The maximum atomic E-state index is 13.8. The number of halogens is 1. The molecule has 3 aromatic carbocycles. The van der Waals surface area contributed by atoms with Crippen LogP contribution >= 0.6 is 0 Å². The summed E-state index contributed by atoms with van der Waals surface area (Å²) in [6.07, 6.45) is 0.401. The number of hydrogen-bond acceptors (Lipinski definition) is 5. The van der Waals surface area contributed by atoms with E-state index in [1.165, 1.54) is 6.07 Å². The zero-order valence-electron chi connectivity index (χ0n) is 16.8. The summed E-state index contributed by atoms with van der Waals surface area (Å²) in [5.74, 6) is 1.26. The number of nitrogens with zero attached hydrogens (tertiary/aromatic N) is 2. The third kappa shape index (κ3) is 5.14. The molecule has 0 saturated heterocycles. The van der Waals surface area contributed by atoms with Crippen molar-refractivity contribution in [2.24, 2.45) is 0 Å². The molecule has 0 aliphatic heterocycles. The van der Waals surface area contributed by atoms with Crippen LogP contribution in [0.5, 0.6) is 11.5 Å². The highest BCUT2D eigenvalue weighted by Gasteiger charge is 2.13. The molecule has 1 N–H and O–H groups in total. The highest BCUT2D eigenvalue weighted by Crippen LogP contribution is 2.29. The van der Waals surface area contributed by atoms with E-state index in [4.69, 9.17) is 9.26 Å². The van der Waals surface area contributed by atoms with E-state index >= 15 is 0 Å². The number of hydrogen-bond donors (Lipinski definition) is 1. The first-order chi connectivity index (χ1) is 15.1. The number of carbonyl (C=O) groups is 1. The standard InChI is InChI=1S/C24H20FN3O3/c1-16-11-12-17(15-19(16)25)24-27-23(31-28-24)14-13-22(29)26-20-9-5-6-10-21(20)30-18-7-3-2-4-8-18/h2-12,15H,13-14H2,1H3,(H,26,29). The van der Waals surface area contributed by atoms with Crippen LogP contribution in [0.2, 0.25) is 0 Å². The molecule has 0 atom stereocenters. The molecule has 0 aliphatic carbocycles. The van der Waals surface area contributed by atoms with Gasteiger partial charge in [0.15, 0.2) is 5.75 Å². The molecule has 0 bridgehead atoms. The van der Waals surface area contributed by atoms with Gasteiger partial charge >= 0.3 is 0 Å². The predicted octanol–water partition coefficient (Wildman–Crippen LogP) is 5.55. The van der Waals surface area contributed by atoms with Crippen LogP contribution in [-0.2, 0) is 11.2 Å². The Labute approximate surface area is 178 Å². The molecule has 4 aromatic rings. The Bertz CT molecular complexity index is 1190. The van der Waals surface area contributed by atoms with E-state index in [2.05, 4.69) is 15.5 Å². The molecule has 6 nitrogen and oxygen atoms in total. The summed E-state index contributed by atoms with van der Waals surface area (Å²) in [5.41, 5.74) is 1.63. The second-order valence-corrected chi connectivity index (χ2v) is 6.94. The maximum Gasteiger partial charge on any atom is 0.227 e. The monoisotopic (exact) mass is 417 g/mol. The third-order valence-electron chi connectivity index (χ3n) is 4.60. The first kappa shape index (κ1) is 20.3. The van der Waals surface area contributed by atoms with E-state index in [9.17, 15) is 9.18 Å². The summed E-state index contributed by atoms with van der Waals surface area (Å²) in [7, 11) is 0. The van der Waals surface area contributed by atoms with Gasteiger partial charge in [0.2, 0.25) is 17.6 Å². The third-order valence-corrected chi connectivity index (χ3v) is 4.60. The fraction of sp³-hybridized carbons (Fsp3) is 0.125. The Kier molecular flexibility index (Phi) is 6.03. The number of ether oxygens (including phenoxy) is 1. The molecule has 1 heterocycles. The molecule has 0 aliphatic rings. The van der Waals surface area contributed by atoms with Crippen molar-refractivity contribution >= 4 is 11.6 Å². The van der Waals surface area contributed by atoms with Crippen LogP contribution in [0.3, 0.4) is 0 Å². The molecule has 0 saturated carbocycles. The van der Waals surface area contributed by atoms with E-state index in [1.807, 2.05) is 42.5 Å². The predicted molar refractivity (Wildman–Crippen MR) is 114 cm³/mol. The van der Waals surface area contributed by atoms with E-state index in [0.29, 0.717) is 34.2 Å². The van der Waals surface area contributed by atoms with E-state index < -0.39 is 0 Å². The number of rotatable bonds is 7. The maximum absolute atomic E-state index is 13.8. The Hall–Kier alpha value is -4.00. The van der Waals surface area contributed by atoms with Crippen LogP contribution in [0.25, 0.3) is 11.4 Å². The Balaban J connectivity index is 1.37. The lowest BCUT2D eigenvalue weighted by molar-refractivity contribution is -0.116. The highest BCUT2D eigenvalue weighted by molar-refractivity contribution is 5.92. The summed E-state index contributed by atoms with van der Waals surface area (Å²) in [6.45, 7) is 1.68. The summed E-state index contributed by atoms with van der Waals surface area (Å²) in [4.78, 5) is 16.7. The Morgan fingerprint density at radius 1 is 1.06 bits per heavy atom. The van der Waals surface area contributed by atoms with Crippen LogP contribution in [0.15, 0.2) is 77.3 Å². The average molecular weight is 417 g/mol. The van der Waals surface area contributed by atoms with E-state index in [1.54, 1.807) is 31.2 Å². The van der Waals surface area contributed by atoms with Gasteiger partial charge in [-0.2, -0.15) is 4.98 Å². The van der Waals surface area contributed by atoms with Gasteiger partial charge in [-0.05, 0) is 42.8 Å². The topological polar surface area (TPSA) is 77.2 Å². The van der Waals surface area contributed by atoms with Crippen LogP contribution < -0.4 is 10.1 Å². The first-order valence-corrected chi connectivity index (χ1v) is 9.79. The van der Waals surface area contributed by atoms with Gasteiger partial charge in [0.05, 0.1) is 5.69 Å². The second kappa shape index (κ2) is 9.21. The molecule has 1 amide bonds. The van der Waals surface area contributed by atoms with Crippen molar-refractivity contribution < 1.29 is 18.4 Å². The summed E-state index contributed by atoms with van der Waals surface area (Å²) < 4.78 is 24.8. The number of aromatic nitrogens is 2. The lowest BCUT2D eigenvalue weighted by Gasteiger charge is -2.11. The van der Waals surface area contributed by atoms with Gasteiger partial charge in [-0.15, -0.1) is 0 Å². The van der Waals surface area contributed by atoms with Crippen LogP contribution in [0.1, 0.15) is 17.9 Å². The SMILES string of the molecule is Cc1ccc(-c2noc(CCC(=O)Nc3ccccc3Oc3ccccc3)n2)cc1F. The van der Waals surface area contributed by atoms with Crippen molar-refractivity contribution in [2.45, 2.75) is 19.8 Å². The normalized spacial score (nSPS) is 10.6. The largest absolute Gasteiger partial charge is 0.455 e. The Morgan fingerprint density at radius 2 is 1.84 bits per heavy atom. The summed E-state index contributed by atoms with van der Waals surface area (Å²) >= 11 is 0. The molecular formula is C24H20FN3O3. The van der Waals surface area contributed by atoms with Crippen LogP contribution in [-0.4, -0.2) is 16.0 Å². The van der Waals surface area contributed by atoms with Gasteiger partial charge in [-0.25, -0.2) is 4.39 Å². The zero-order valence-corrected chi connectivity index (χ0v) is 16.8. The number of para-hydroxylation sites is 3. The summed E-state index contributed by atoms with van der Waals surface area (Å²) in [6, 6.07) is 21.3. The van der Waals surface area contributed by atoms with Gasteiger partial charge in [-0.1, -0.05) is 47.6 Å². The van der Waals surface area contributed by atoms with Crippen molar-refractivity contribution in [1.29, 1.82) is 0 Å². The number of anilines is 1. The first-order valence-electron chi connectivity index (χ1n) is 9.79. The second-order valence-electron chi connectivity index (χ2n) is 6.94. The minimum absolute atomic E-state index is 0.142. The molecule has 1 aromatic heterocycles. The number of aryl methyl sites for hydroxylation is 2. The lowest BCUT2D eigenvalue weighted by atomic mass is 10.1. The summed E-state index contributed by atoms with van der Waals surface area (Å²) in [5, 5.41) is 6.73. The van der Waals surface area contributed by atoms with Gasteiger partial charge in [0.25, 0.3) is 0 Å². The molecule has 7 heteroatoms. The fourth-order valence-corrected chi connectivity index (χ4v) is 2.91. The molecule has 0 radical (unpaired) electrons. The van der Waals surface area contributed by atoms with Crippen molar-refractivity contribution in [3.63, 3.8) is 0 Å². The minimum atomic E-state index is -0.334. The van der Waals surface area contributed by atoms with Crippen molar-refractivity contribution in [3.8, 4) is 22.9 Å². The number of benzene rings is 3. The highest BCUT2D eigenvalue weighted by atomic mass is 19.1. The molecule has 0 unspecified atom stereocenters. The quantitative estimate of drug-likeness (QED) is 0.427. The minimum Gasteiger partial charge on any atom is -0.455 e. The molecule has 0 spiro atoms. The number of amides is 1. The smallest absolute Gasteiger partial charge is 0.227 e. The lowest BCUT2D eigenvalue weighted by Crippen LogP contribution is -2.13. The number of carbonyl (C=O) groups excluding carboxylic acids is 1. The van der Waals surface area contributed by atoms with Gasteiger partial charge < -0.3 is 14.6 Å².